The Hall–Kier alpha value is -0.850. The average Bonchev–Trinajstić information content (AvgIpc) is 2.03. The molecule has 0 aromatic rings. The largest absolute Gasteiger partial charge is 0.266 e. The molecule has 0 bridgehead atoms. The molecule has 0 fully saturated rings. The van der Waals surface area contributed by atoms with E-state index in [4.69, 9.17) is 0 Å². The number of nitrogens with zero attached hydrogens (tertiary/aromatic N) is 1. The number of aliphatic imine (C=N–C) groups is 1. The van der Waals surface area contributed by atoms with Gasteiger partial charge < -0.3 is 0 Å². The molecule has 0 spiro atoms. The number of rotatable bonds is 4. The molecule has 0 aliphatic heterocycles. The molecule has 0 N–H and O–H groups in total. The lowest BCUT2D eigenvalue weighted by atomic mass is 10.0. The van der Waals surface area contributed by atoms with Gasteiger partial charge in [0.25, 0.3) is 0 Å². The summed E-state index contributed by atoms with van der Waals surface area (Å²) in [6.07, 6.45) is 3.93. The van der Waals surface area contributed by atoms with Gasteiger partial charge in [0, 0.05) is 11.9 Å². The van der Waals surface area contributed by atoms with Crippen LogP contribution in [0.15, 0.2) is 28.9 Å². The molecule has 0 saturated heterocycles. The summed E-state index contributed by atoms with van der Waals surface area (Å²) in [5, 5.41) is 0. The van der Waals surface area contributed by atoms with Crippen molar-refractivity contribution in [3.63, 3.8) is 0 Å². The third-order valence-electron chi connectivity index (χ3n) is 1.94. The van der Waals surface area contributed by atoms with Crippen LogP contribution >= 0.6 is 0 Å². The molecule has 1 nitrogen and oxygen atoms in total. The van der Waals surface area contributed by atoms with Gasteiger partial charge in [0.05, 0.1) is 0 Å². The maximum Gasteiger partial charge on any atom is 0.0427 e. The summed E-state index contributed by atoms with van der Waals surface area (Å²) in [6, 6.07) is 0. The summed E-state index contributed by atoms with van der Waals surface area (Å²) < 4.78 is 0. The molecule has 0 amide bonds. The van der Waals surface area contributed by atoms with E-state index in [2.05, 4.69) is 45.3 Å². The van der Waals surface area contributed by atoms with Crippen molar-refractivity contribution in [1.82, 2.24) is 0 Å². The van der Waals surface area contributed by atoms with Crippen LogP contribution in [0.5, 0.6) is 0 Å². The summed E-state index contributed by atoms with van der Waals surface area (Å²) in [4.78, 5) is 4.32. The summed E-state index contributed by atoms with van der Waals surface area (Å²) in [5.74, 6) is 0.965. The van der Waals surface area contributed by atoms with Crippen LogP contribution in [0, 0.1) is 11.8 Å². The van der Waals surface area contributed by atoms with Crippen molar-refractivity contribution in [3.8, 4) is 0 Å². The second-order valence-electron chi connectivity index (χ2n) is 3.84. The Bertz CT molecular complexity index is 219. The number of allylic oxidation sites excluding steroid dienone is 3. The van der Waals surface area contributed by atoms with Gasteiger partial charge in [-0.1, -0.05) is 39.8 Å². The van der Waals surface area contributed by atoms with Crippen LogP contribution in [-0.4, -0.2) is 6.21 Å². The summed E-state index contributed by atoms with van der Waals surface area (Å²) in [5.41, 5.74) is 2.26. The van der Waals surface area contributed by atoms with Gasteiger partial charge in [0.15, 0.2) is 0 Å². The first kappa shape index (κ1) is 12.2. The van der Waals surface area contributed by atoms with Crippen molar-refractivity contribution in [2.24, 2.45) is 16.8 Å². The standard InChI is InChI=1S/C12H21N/c1-7-13-12(10(4)5)8-11(6)9(2)3/h7-10H,6H2,1-5H3/b12-8-,13-7?. The van der Waals surface area contributed by atoms with E-state index in [0.717, 1.165) is 11.3 Å². The second kappa shape index (κ2) is 5.74. The minimum Gasteiger partial charge on any atom is -0.266 e. The fourth-order valence-electron chi connectivity index (χ4n) is 0.859. The second-order valence-corrected chi connectivity index (χ2v) is 3.84. The molecular formula is C12H21N. The van der Waals surface area contributed by atoms with Gasteiger partial charge in [-0.25, -0.2) is 0 Å². The molecule has 0 saturated carbocycles. The minimum absolute atomic E-state index is 0.465. The Balaban J connectivity index is 4.63. The highest BCUT2D eigenvalue weighted by Gasteiger charge is 2.03. The van der Waals surface area contributed by atoms with Crippen LogP contribution in [-0.2, 0) is 0 Å². The zero-order valence-corrected chi connectivity index (χ0v) is 9.46. The summed E-state index contributed by atoms with van der Waals surface area (Å²) in [7, 11) is 0. The molecule has 74 valence electrons. The Morgan fingerprint density at radius 3 is 2.00 bits per heavy atom. The van der Waals surface area contributed by atoms with E-state index < -0.39 is 0 Å². The predicted molar refractivity (Wildman–Crippen MR) is 61.1 cm³/mol. The van der Waals surface area contributed by atoms with Gasteiger partial charge >= 0.3 is 0 Å². The first-order valence-electron chi connectivity index (χ1n) is 4.88. The fraction of sp³-hybridized carbons (Fsp3) is 0.583. The third-order valence-corrected chi connectivity index (χ3v) is 1.94. The minimum atomic E-state index is 0.465. The monoisotopic (exact) mass is 179 g/mol. The quantitative estimate of drug-likeness (QED) is 0.459. The van der Waals surface area contributed by atoms with E-state index in [1.165, 1.54) is 0 Å². The van der Waals surface area contributed by atoms with E-state index >= 15 is 0 Å². The first-order valence-corrected chi connectivity index (χ1v) is 4.88. The molecule has 0 aliphatic rings. The van der Waals surface area contributed by atoms with E-state index in [9.17, 15) is 0 Å². The zero-order valence-electron chi connectivity index (χ0n) is 9.46. The van der Waals surface area contributed by atoms with Crippen LogP contribution in [0.25, 0.3) is 0 Å². The van der Waals surface area contributed by atoms with Gasteiger partial charge in [0.1, 0.15) is 0 Å². The lowest BCUT2D eigenvalue weighted by Gasteiger charge is -2.09. The van der Waals surface area contributed by atoms with E-state index in [0.29, 0.717) is 11.8 Å². The first-order chi connectivity index (χ1) is 5.99. The molecule has 0 unspecified atom stereocenters. The van der Waals surface area contributed by atoms with Gasteiger partial charge in [-0.3, -0.25) is 4.99 Å². The molecule has 0 aromatic heterocycles. The fourth-order valence-corrected chi connectivity index (χ4v) is 0.859. The lowest BCUT2D eigenvalue weighted by molar-refractivity contribution is 0.742. The van der Waals surface area contributed by atoms with Crippen molar-refractivity contribution in [2.45, 2.75) is 34.6 Å². The molecular weight excluding hydrogens is 158 g/mol. The Morgan fingerprint density at radius 2 is 1.69 bits per heavy atom. The molecule has 0 atom stereocenters. The van der Waals surface area contributed by atoms with Gasteiger partial charge in [-0.2, -0.15) is 0 Å². The third kappa shape index (κ3) is 4.66. The van der Waals surface area contributed by atoms with Crippen molar-refractivity contribution in [1.29, 1.82) is 0 Å². The lowest BCUT2D eigenvalue weighted by Crippen LogP contribution is -1.95. The maximum atomic E-state index is 4.32. The smallest absolute Gasteiger partial charge is 0.0427 e. The van der Waals surface area contributed by atoms with Crippen molar-refractivity contribution in [3.05, 3.63) is 23.9 Å². The highest BCUT2D eigenvalue weighted by Crippen LogP contribution is 2.17. The number of hydrogen-bond donors (Lipinski definition) is 0. The van der Waals surface area contributed by atoms with Crippen LogP contribution in [0.4, 0.5) is 0 Å². The van der Waals surface area contributed by atoms with Crippen molar-refractivity contribution >= 4 is 6.21 Å². The SMILES string of the molecule is C=C(/C=C(\N=CC)C(C)C)C(C)C. The number of hydrogen-bond acceptors (Lipinski definition) is 1. The molecule has 1 heteroatoms. The van der Waals surface area contributed by atoms with E-state index in [-0.39, 0.29) is 0 Å². The summed E-state index contributed by atoms with van der Waals surface area (Å²) in [6.45, 7) is 14.5. The van der Waals surface area contributed by atoms with Crippen molar-refractivity contribution in [2.75, 3.05) is 0 Å². The van der Waals surface area contributed by atoms with Gasteiger partial charge in [-0.15, -0.1) is 0 Å². The topological polar surface area (TPSA) is 12.4 Å². The highest BCUT2D eigenvalue weighted by molar-refractivity contribution is 5.55. The normalized spacial score (nSPS) is 13.3. The molecule has 0 aromatic carbocycles. The van der Waals surface area contributed by atoms with Gasteiger partial charge in [0.2, 0.25) is 0 Å². The summed E-state index contributed by atoms with van der Waals surface area (Å²) >= 11 is 0. The van der Waals surface area contributed by atoms with Crippen LogP contribution in [0.2, 0.25) is 0 Å². The Labute approximate surface area is 82.3 Å². The molecule has 0 heterocycles. The van der Waals surface area contributed by atoms with Crippen LogP contribution < -0.4 is 0 Å². The molecule has 0 aliphatic carbocycles. The molecule has 0 radical (unpaired) electrons. The highest BCUT2D eigenvalue weighted by atomic mass is 14.7. The van der Waals surface area contributed by atoms with E-state index in [1.54, 1.807) is 0 Å². The Morgan fingerprint density at radius 1 is 1.15 bits per heavy atom. The van der Waals surface area contributed by atoms with Gasteiger partial charge in [-0.05, 0) is 24.8 Å². The van der Waals surface area contributed by atoms with E-state index in [1.807, 2.05) is 13.1 Å². The maximum absolute atomic E-state index is 4.32. The van der Waals surface area contributed by atoms with Crippen molar-refractivity contribution < 1.29 is 0 Å². The average molecular weight is 179 g/mol. The molecule has 0 rings (SSSR count). The Kier molecular flexibility index (Phi) is 5.36. The van der Waals surface area contributed by atoms with Crippen LogP contribution in [0.3, 0.4) is 0 Å². The van der Waals surface area contributed by atoms with Crippen LogP contribution in [0.1, 0.15) is 34.6 Å². The zero-order chi connectivity index (χ0) is 10.4. The predicted octanol–water partition coefficient (Wildman–Crippen LogP) is 3.83. The molecule has 13 heavy (non-hydrogen) atoms.